The lowest BCUT2D eigenvalue weighted by Gasteiger charge is -1.97. The molecule has 0 atom stereocenters. The van der Waals surface area contributed by atoms with Crippen molar-refractivity contribution in [2.45, 2.75) is 26.2 Å². The summed E-state index contributed by atoms with van der Waals surface area (Å²) in [4.78, 5) is 4.34. The molecule has 1 aromatic carbocycles. The second-order valence-electron chi connectivity index (χ2n) is 4.16. The third-order valence-electron chi connectivity index (χ3n) is 2.55. The van der Waals surface area contributed by atoms with Crippen LogP contribution >= 0.6 is 0 Å². The summed E-state index contributed by atoms with van der Waals surface area (Å²) in [5, 5.41) is 3.97. The third kappa shape index (κ3) is 3.39. The molecular weight excluding hydrogens is 214 g/mol. The Morgan fingerprint density at radius 1 is 1.35 bits per heavy atom. The van der Waals surface area contributed by atoms with Gasteiger partial charge in [-0.1, -0.05) is 35.0 Å². The van der Waals surface area contributed by atoms with Gasteiger partial charge in [0.15, 0.2) is 5.82 Å². The van der Waals surface area contributed by atoms with Crippen molar-refractivity contribution in [2.75, 3.05) is 6.54 Å². The lowest BCUT2D eigenvalue weighted by Crippen LogP contribution is -2.00. The molecule has 1 heterocycles. The fourth-order valence-corrected chi connectivity index (χ4v) is 1.72. The fourth-order valence-electron chi connectivity index (χ4n) is 1.72. The molecule has 0 aliphatic heterocycles. The maximum atomic E-state index is 5.43. The molecule has 0 fully saturated rings. The van der Waals surface area contributed by atoms with Crippen molar-refractivity contribution in [1.29, 1.82) is 0 Å². The highest BCUT2D eigenvalue weighted by atomic mass is 16.5. The molecule has 0 saturated heterocycles. The summed E-state index contributed by atoms with van der Waals surface area (Å²) in [5.41, 5.74) is 7.88. The summed E-state index contributed by atoms with van der Waals surface area (Å²) in [6, 6.07) is 8.32. The zero-order chi connectivity index (χ0) is 12.1. The van der Waals surface area contributed by atoms with Gasteiger partial charge in [-0.2, -0.15) is 4.98 Å². The number of aromatic nitrogens is 2. The highest BCUT2D eigenvalue weighted by Gasteiger charge is 2.06. The van der Waals surface area contributed by atoms with Crippen LogP contribution in [-0.2, 0) is 12.8 Å². The van der Waals surface area contributed by atoms with Gasteiger partial charge in [-0.25, -0.2) is 0 Å². The molecule has 0 bridgehead atoms. The van der Waals surface area contributed by atoms with Gasteiger partial charge in [0.05, 0.1) is 0 Å². The van der Waals surface area contributed by atoms with E-state index in [1.165, 1.54) is 11.1 Å². The number of nitrogens with two attached hydrogens (primary N) is 1. The predicted octanol–water partition coefficient (Wildman–Crippen LogP) is 1.86. The Hall–Kier alpha value is -1.68. The molecule has 0 saturated carbocycles. The molecule has 2 rings (SSSR count). The maximum Gasteiger partial charge on any atom is 0.226 e. The maximum absolute atomic E-state index is 5.43. The van der Waals surface area contributed by atoms with E-state index in [9.17, 15) is 0 Å². The van der Waals surface area contributed by atoms with Gasteiger partial charge in [0.1, 0.15) is 0 Å². The van der Waals surface area contributed by atoms with Crippen molar-refractivity contribution in [3.63, 3.8) is 0 Å². The highest BCUT2D eigenvalue weighted by molar-refractivity contribution is 5.24. The van der Waals surface area contributed by atoms with Crippen molar-refractivity contribution >= 4 is 0 Å². The first-order chi connectivity index (χ1) is 8.28. The van der Waals surface area contributed by atoms with Gasteiger partial charge in [-0.05, 0) is 25.5 Å². The van der Waals surface area contributed by atoms with E-state index in [4.69, 9.17) is 10.3 Å². The first kappa shape index (κ1) is 11.8. The predicted molar refractivity (Wildman–Crippen MR) is 65.7 cm³/mol. The highest BCUT2D eigenvalue weighted by Crippen LogP contribution is 2.09. The Bertz CT molecular complexity index is 479. The van der Waals surface area contributed by atoms with E-state index >= 15 is 0 Å². The normalized spacial score (nSPS) is 10.7. The minimum absolute atomic E-state index is 0.648. The summed E-state index contributed by atoms with van der Waals surface area (Å²) < 4.78 is 5.15. The molecular formula is C13H17N3O. The van der Waals surface area contributed by atoms with Crippen molar-refractivity contribution in [1.82, 2.24) is 10.1 Å². The number of benzene rings is 1. The monoisotopic (exact) mass is 231 g/mol. The number of aryl methyl sites for hydroxylation is 2. The van der Waals surface area contributed by atoms with E-state index in [1.807, 2.05) is 6.07 Å². The van der Waals surface area contributed by atoms with Gasteiger partial charge >= 0.3 is 0 Å². The van der Waals surface area contributed by atoms with Crippen LogP contribution in [0.3, 0.4) is 0 Å². The van der Waals surface area contributed by atoms with Crippen molar-refractivity contribution < 1.29 is 4.52 Å². The van der Waals surface area contributed by atoms with E-state index in [1.54, 1.807) is 0 Å². The smallest absolute Gasteiger partial charge is 0.226 e. The molecule has 2 N–H and O–H groups in total. The SMILES string of the molecule is Cc1cccc(Cc2noc(CCCN)n2)c1. The van der Waals surface area contributed by atoms with E-state index in [0.29, 0.717) is 18.9 Å². The van der Waals surface area contributed by atoms with Gasteiger partial charge in [-0.3, -0.25) is 0 Å². The minimum Gasteiger partial charge on any atom is -0.339 e. The molecule has 0 unspecified atom stereocenters. The molecule has 17 heavy (non-hydrogen) atoms. The molecule has 0 radical (unpaired) electrons. The molecule has 1 aromatic heterocycles. The number of hydrogen-bond acceptors (Lipinski definition) is 4. The lowest BCUT2D eigenvalue weighted by atomic mass is 10.1. The van der Waals surface area contributed by atoms with Crippen LogP contribution in [0.5, 0.6) is 0 Å². The van der Waals surface area contributed by atoms with E-state index in [2.05, 4.69) is 35.3 Å². The standard InChI is InChI=1S/C13H17N3O/c1-10-4-2-5-11(8-10)9-12-15-13(17-16-12)6-3-7-14/h2,4-5,8H,3,6-7,9,14H2,1H3. The molecule has 0 aliphatic carbocycles. The summed E-state index contributed by atoms with van der Waals surface area (Å²) >= 11 is 0. The molecule has 2 aromatic rings. The average molecular weight is 231 g/mol. The Balaban J connectivity index is 2.01. The van der Waals surface area contributed by atoms with Crippen molar-refractivity contribution in [2.24, 2.45) is 5.73 Å². The molecule has 0 spiro atoms. The van der Waals surface area contributed by atoms with Crippen LogP contribution in [0, 0.1) is 6.92 Å². The van der Waals surface area contributed by atoms with Crippen LogP contribution in [0.1, 0.15) is 29.3 Å². The fraction of sp³-hybridized carbons (Fsp3) is 0.385. The molecule has 4 heteroatoms. The average Bonchev–Trinajstić information content (AvgIpc) is 2.74. The van der Waals surface area contributed by atoms with E-state index < -0.39 is 0 Å². The zero-order valence-electron chi connectivity index (χ0n) is 10.0. The minimum atomic E-state index is 0.648. The Morgan fingerprint density at radius 3 is 3.00 bits per heavy atom. The van der Waals surface area contributed by atoms with Crippen LogP contribution in [0.4, 0.5) is 0 Å². The van der Waals surface area contributed by atoms with Gasteiger partial charge in [-0.15, -0.1) is 0 Å². The van der Waals surface area contributed by atoms with E-state index in [-0.39, 0.29) is 0 Å². The van der Waals surface area contributed by atoms with Crippen LogP contribution in [0.15, 0.2) is 28.8 Å². The summed E-state index contributed by atoms with van der Waals surface area (Å²) in [6.45, 7) is 2.72. The lowest BCUT2D eigenvalue weighted by molar-refractivity contribution is 0.371. The number of nitrogens with zero attached hydrogens (tertiary/aromatic N) is 2. The van der Waals surface area contributed by atoms with Crippen LogP contribution in [0.25, 0.3) is 0 Å². The van der Waals surface area contributed by atoms with E-state index in [0.717, 1.165) is 18.7 Å². The molecule has 90 valence electrons. The quantitative estimate of drug-likeness (QED) is 0.853. The number of rotatable bonds is 5. The second kappa shape index (κ2) is 5.59. The van der Waals surface area contributed by atoms with Crippen molar-refractivity contribution in [3.8, 4) is 0 Å². The van der Waals surface area contributed by atoms with Gasteiger partial charge in [0.25, 0.3) is 0 Å². The largest absolute Gasteiger partial charge is 0.339 e. The molecule has 4 nitrogen and oxygen atoms in total. The van der Waals surface area contributed by atoms with Crippen LogP contribution in [-0.4, -0.2) is 16.7 Å². The third-order valence-corrected chi connectivity index (χ3v) is 2.55. The Morgan fingerprint density at radius 2 is 2.24 bits per heavy atom. The summed E-state index contributed by atoms with van der Waals surface area (Å²) in [7, 11) is 0. The topological polar surface area (TPSA) is 64.9 Å². The van der Waals surface area contributed by atoms with Gasteiger partial charge in [0.2, 0.25) is 5.89 Å². The van der Waals surface area contributed by atoms with Gasteiger partial charge < -0.3 is 10.3 Å². The molecule has 0 amide bonds. The summed E-state index contributed by atoms with van der Waals surface area (Å²) in [5.74, 6) is 1.42. The van der Waals surface area contributed by atoms with Crippen molar-refractivity contribution in [3.05, 3.63) is 47.1 Å². The Labute approximate surface area is 101 Å². The molecule has 0 aliphatic rings. The second-order valence-corrected chi connectivity index (χ2v) is 4.16. The summed E-state index contributed by atoms with van der Waals surface area (Å²) in [6.07, 6.45) is 2.36. The van der Waals surface area contributed by atoms with Crippen LogP contribution < -0.4 is 5.73 Å². The van der Waals surface area contributed by atoms with Gasteiger partial charge in [0, 0.05) is 12.8 Å². The zero-order valence-corrected chi connectivity index (χ0v) is 10.0. The Kier molecular flexibility index (Phi) is 3.88. The first-order valence-corrected chi connectivity index (χ1v) is 5.85. The number of hydrogen-bond donors (Lipinski definition) is 1. The first-order valence-electron chi connectivity index (χ1n) is 5.85. The van der Waals surface area contributed by atoms with Crippen LogP contribution in [0.2, 0.25) is 0 Å².